The molecule has 2 aromatic carbocycles. The van der Waals surface area contributed by atoms with E-state index >= 15 is 0 Å². The molecule has 194 valence electrons. The summed E-state index contributed by atoms with van der Waals surface area (Å²) in [7, 11) is -3.05. The number of carbonyl (C=O) groups excluding carboxylic acids is 2. The molecule has 7 nitrogen and oxygen atoms in total. The van der Waals surface area contributed by atoms with Crippen LogP contribution in [0, 0.1) is 10.1 Å². The van der Waals surface area contributed by atoms with Gasteiger partial charge in [0.1, 0.15) is 5.56 Å². The Morgan fingerprint density at radius 1 is 0.944 bits per heavy atom. The Labute approximate surface area is 216 Å². The van der Waals surface area contributed by atoms with E-state index < -0.39 is 44.6 Å². The molecule has 0 bridgehead atoms. The summed E-state index contributed by atoms with van der Waals surface area (Å²) in [6.45, 7) is 19.6. The highest BCUT2D eigenvalue weighted by molar-refractivity contribution is 7.05. The number of ether oxygens (including phenoxy) is 1. The van der Waals surface area contributed by atoms with Crippen LogP contribution in [0.4, 0.5) is 5.69 Å². The number of carbonyl (C=O) groups is 2. The van der Waals surface area contributed by atoms with Gasteiger partial charge in [0, 0.05) is 17.2 Å². The first-order valence-corrected chi connectivity index (χ1v) is 19.0. The van der Waals surface area contributed by atoms with E-state index in [2.05, 4.69) is 50.7 Å². The number of hydrogen-bond acceptors (Lipinski definition) is 5. The molecule has 0 heterocycles. The Hall–Kier alpha value is -3.05. The number of hydrogen-bond donors (Lipinski definition) is 1. The first kappa shape index (κ1) is 29.2. The third-order valence-electron chi connectivity index (χ3n) is 5.45. The van der Waals surface area contributed by atoms with Gasteiger partial charge < -0.3 is 10.1 Å². The van der Waals surface area contributed by atoms with Crippen LogP contribution in [0.3, 0.4) is 0 Å². The first-order chi connectivity index (χ1) is 16.4. The number of nitro groups is 1. The minimum Gasteiger partial charge on any atom is -0.444 e. The zero-order chi connectivity index (χ0) is 27.5. The lowest BCUT2D eigenvalue weighted by molar-refractivity contribution is -0.385. The third-order valence-corrected chi connectivity index (χ3v) is 13.5. The molecule has 2 rings (SSSR count). The molecule has 0 aliphatic heterocycles. The zero-order valence-electron chi connectivity index (χ0n) is 22.8. The number of rotatable bonds is 8. The minimum atomic E-state index is -1.52. The van der Waals surface area contributed by atoms with E-state index in [1.165, 1.54) is 24.3 Å². The molecule has 0 aromatic heterocycles. The maximum Gasteiger partial charge on any atom is 0.346 e. The van der Waals surface area contributed by atoms with Gasteiger partial charge in [-0.2, -0.15) is 0 Å². The van der Waals surface area contributed by atoms with Crippen LogP contribution in [0.25, 0.3) is 6.08 Å². The van der Waals surface area contributed by atoms with Crippen LogP contribution in [-0.4, -0.2) is 38.5 Å². The lowest BCUT2D eigenvalue weighted by Gasteiger charge is -2.31. The highest BCUT2D eigenvalue weighted by Gasteiger charge is 2.32. The van der Waals surface area contributed by atoms with Crippen molar-refractivity contribution in [3.05, 3.63) is 80.2 Å². The van der Waals surface area contributed by atoms with E-state index in [1.54, 1.807) is 17.0 Å². The molecule has 36 heavy (non-hydrogen) atoms. The van der Waals surface area contributed by atoms with E-state index in [0.29, 0.717) is 5.56 Å². The SMILES string of the molecule is CC(C)(C)NC(=O)C(OC(=O)c1ccccc1[N+](=O)[O-])c1ccc(C=C([Si](C)(C)C)[Si](C)(C)C)cc1. The van der Waals surface area contributed by atoms with Crippen LogP contribution in [-0.2, 0) is 9.53 Å². The highest BCUT2D eigenvalue weighted by atomic mass is 28.4. The predicted molar refractivity (Wildman–Crippen MR) is 150 cm³/mol. The Balaban J connectivity index is 2.47. The number of nitro benzene ring substituents is 1. The Morgan fingerprint density at radius 3 is 1.94 bits per heavy atom. The van der Waals surface area contributed by atoms with Gasteiger partial charge in [-0.05, 0) is 32.4 Å². The fourth-order valence-corrected chi connectivity index (χ4v) is 14.4. The average Bonchev–Trinajstić information content (AvgIpc) is 2.73. The fraction of sp³-hybridized carbons (Fsp3) is 0.407. The van der Waals surface area contributed by atoms with Gasteiger partial charge in [0.15, 0.2) is 0 Å². The van der Waals surface area contributed by atoms with Gasteiger partial charge in [0.2, 0.25) is 6.10 Å². The van der Waals surface area contributed by atoms with E-state index in [4.69, 9.17) is 4.74 Å². The number of amides is 1. The number of nitrogens with zero attached hydrogens (tertiary/aromatic N) is 1. The quantitative estimate of drug-likeness (QED) is 0.182. The topological polar surface area (TPSA) is 98.5 Å². The molecule has 2 aromatic rings. The summed E-state index contributed by atoms with van der Waals surface area (Å²) in [6.07, 6.45) is 1.01. The van der Waals surface area contributed by atoms with Crippen LogP contribution in [0.15, 0.2) is 53.4 Å². The van der Waals surface area contributed by atoms with Gasteiger partial charge in [-0.25, -0.2) is 4.79 Å². The van der Waals surface area contributed by atoms with Crippen LogP contribution in [0.1, 0.15) is 48.4 Å². The van der Waals surface area contributed by atoms with Gasteiger partial charge in [-0.3, -0.25) is 14.9 Å². The van der Waals surface area contributed by atoms with Crippen molar-refractivity contribution in [1.29, 1.82) is 0 Å². The number of para-hydroxylation sites is 1. The standard InChI is InChI=1S/C27H38N2O5Si2/c1-27(2,3)28-25(30)24(34-26(31)21-12-10-11-13-22(21)29(32)33)20-16-14-19(15-17-20)18-23(35(4,5)6)36(7,8)9/h10-18,24H,1-9H3,(H,28,30). The number of benzene rings is 2. The maximum absolute atomic E-state index is 13.1. The molecule has 0 aliphatic carbocycles. The molecule has 9 heteroatoms. The van der Waals surface area contributed by atoms with Crippen molar-refractivity contribution in [3.8, 4) is 0 Å². The van der Waals surface area contributed by atoms with Crippen molar-refractivity contribution in [2.45, 2.75) is 71.7 Å². The summed E-state index contributed by atoms with van der Waals surface area (Å²) in [5.74, 6) is -1.43. The van der Waals surface area contributed by atoms with Gasteiger partial charge in [0.25, 0.3) is 11.6 Å². The van der Waals surface area contributed by atoms with Crippen LogP contribution >= 0.6 is 0 Å². The van der Waals surface area contributed by atoms with E-state index in [9.17, 15) is 19.7 Å². The molecule has 0 radical (unpaired) electrons. The second-order valence-corrected chi connectivity index (χ2v) is 22.6. The molecule has 1 unspecified atom stereocenters. The van der Waals surface area contributed by atoms with E-state index in [1.807, 2.05) is 32.9 Å². The summed E-state index contributed by atoms with van der Waals surface area (Å²) in [4.78, 5) is 38.4. The molecule has 0 fully saturated rings. The molecule has 0 spiro atoms. The van der Waals surface area contributed by atoms with Gasteiger partial charge in [0.05, 0.1) is 21.1 Å². The minimum absolute atomic E-state index is 0.203. The predicted octanol–water partition coefficient (Wildman–Crippen LogP) is 6.55. The largest absolute Gasteiger partial charge is 0.444 e. The van der Waals surface area contributed by atoms with Gasteiger partial charge in [-0.1, -0.05) is 86.6 Å². The Morgan fingerprint density at radius 2 is 1.47 bits per heavy atom. The van der Waals surface area contributed by atoms with Crippen molar-refractivity contribution in [2.24, 2.45) is 0 Å². The zero-order valence-corrected chi connectivity index (χ0v) is 24.8. The molecule has 0 saturated carbocycles. The monoisotopic (exact) mass is 526 g/mol. The molecule has 1 atom stereocenters. The van der Waals surface area contributed by atoms with Crippen molar-refractivity contribution < 1.29 is 19.2 Å². The van der Waals surface area contributed by atoms with Crippen LogP contribution in [0.2, 0.25) is 39.3 Å². The first-order valence-electron chi connectivity index (χ1n) is 12.0. The van der Waals surface area contributed by atoms with Crippen molar-refractivity contribution in [1.82, 2.24) is 5.32 Å². The average molecular weight is 527 g/mol. The smallest absolute Gasteiger partial charge is 0.346 e. The van der Waals surface area contributed by atoms with Crippen molar-refractivity contribution >= 4 is 39.8 Å². The second-order valence-electron chi connectivity index (χ2n) is 12.0. The number of nitrogens with one attached hydrogen (secondary N) is 1. The summed E-state index contributed by atoms with van der Waals surface area (Å²) in [5.41, 5.74) is 0.378. The van der Waals surface area contributed by atoms with E-state index in [-0.39, 0.29) is 11.3 Å². The molecular formula is C27H38N2O5Si2. The number of esters is 1. The molecule has 0 saturated heterocycles. The van der Waals surface area contributed by atoms with Crippen LogP contribution < -0.4 is 5.32 Å². The lowest BCUT2D eigenvalue weighted by atomic mass is 10.0. The second kappa shape index (κ2) is 10.9. The maximum atomic E-state index is 13.1. The van der Waals surface area contributed by atoms with Gasteiger partial charge in [-0.15, -0.1) is 0 Å². The third kappa shape index (κ3) is 7.99. The summed E-state index contributed by atoms with van der Waals surface area (Å²) < 4.78 is 5.59. The fourth-order valence-electron chi connectivity index (χ4n) is 4.18. The molecule has 0 aliphatic rings. The molecule has 1 amide bonds. The summed E-state index contributed by atoms with van der Waals surface area (Å²) in [6, 6.07) is 12.9. The van der Waals surface area contributed by atoms with Crippen molar-refractivity contribution in [2.75, 3.05) is 0 Å². The Bertz CT molecular complexity index is 1140. The summed E-state index contributed by atoms with van der Waals surface area (Å²) in [5, 5.41) is 14.2. The highest BCUT2D eigenvalue weighted by Crippen LogP contribution is 2.29. The lowest BCUT2D eigenvalue weighted by Crippen LogP contribution is -2.44. The van der Waals surface area contributed by atoms with Gasteiger partial charge >= 0.3 is 5.97 Å². The summed E-state index contributed by atoms with van der Waals surface area (Å²) >= 11 is 0. The van der Waals surface area contributed by atoms with E-state index in [0.717, 1.165) is 5.56 Å². The van der Waals surface area contributed by atoms with Crippen molar-refractivity contribution in [3.63, 3.8) is 0 Å². The molecule has 1 N–H and O–H groups in total. The normalized spacial score (nSPS) is 12.9. The Kier molecular flexibility index (Phi) is 8.85. The van der Waals surface area contributed by atoms with Crippen LogP contribution in [0.5, 0.6) is 0 Å². The molecular weight excluding hydrogens is 488 g/mol.